The molecule has 0 spiro atoms. The van der Waals surface area contributed by atoms with Crippen molar-refractivity contribution in [2.24, 2.45) is 0 Å². The third kappa shape index (κ3) is 2.78. The summed E-state index contributed by atoms with van der Waals surface area (Å²) in [5.74, 6) is -0.985. The highest BCUT2D eigenvalue weighted by atomic mass is 19.1. The number of halogens is 1. The summed E-state index contributed by atoms with van der Waals surface area (Å²) in [4.78, 5) is 23.1. The molecule has 0 aliphatic carbocycles. The second-order valence-corrected chi connectivity index (χ2v) is 4.14. The van der Waals surface area contributed by atoms with Gasteiger partial charge in [-0.1, -0.05) is 24.3 Å². The van der Waals surface area contributed by atoms with Crippen molar-refractivity contribution in [1.29, 1.82) is 0 Å². The molecular formula is C15H13FO3. The molecule has 0 atom stereocenters. The van der Waals surface area contributed by atoms with Crippen molar-refractivity contribution in [3.05, 3.63) is 47.8 Å². The van der Waals surface area contributed by atoms with E-state index in [-0.39, 0.29) is 24.4 Å². The van der Waals surface area contributed by atoms with E-state index in [1.807, 2.05) is 0 Å². The Balaban J connectivity index is 2.32. The number of Topliss-reactive ketones (excluding diaryl/α,β-unsaturated/α-hetero) is 1. The lowest BCUT2D eigenvalue weighted by atomic mass is 9.99. The van der Waals surface area contributed by atoms with Gasteiger partial charge >= 0.3 is 5.97 Å². The zero-order valence-electron chi connectivity index (χ0n) is 10.5. The Morgan fingerprint density at radius 1 is 1.05 bits per heavy atom. The first kappa shape index (κ1) is 13.2. The molecule has 0 saturated carbocycles. The first-order valence-corrected chi connectivity index (χ1v) is 5.90. The van der Waals surface area contributed by atoms with Crippen molar-refractivity contribution in [2.75, 3.05) is 7.11 Å². The van der Waals surface area contributed by atoms with Gasteiger partial charge in [-0.05, 0) is 17.5 Å². The maximum atomic E-state index is 13.6. The molecule has 2 rings (SSSR count). The zero-order valence-corrected chi connectivity index (χ0v) is 10.5. The van der Waals surface area contributed by atoms with Crippen LogP contribution < -0.4 is 0 Å². The van der Waals surface area contributed by atoms with Crippen LogP contribution in [0.4, 0.5) is 4.39 Å². The first-order chi connectivity index (χ1) is 9.13. The smallest absolute Gasteiger partial charge is 0.305 e. The fourth-order valence-electron chi connectivity index (χ4n) is 1.96. The van der Waals surface area contributed by atoms with Crippen LogP contribution in [-0.2, 0) is 9.53 Å². The maximum Gasteiger partial charge on any atom is 0.305 e. The normalized spacial score (nSPS) is 10.4. The first-order valence-electron chi connectivity index (χ1n) is 5.90. The molecular weight excluding hydrogens is 247 g/mol. The molecule has 2 aromatic rings. The predicted octanol–water partition coefficient (Wildman–Crippen LogP) is 3.11. The van der Waals surface area contributed by atoms with Gasteiger partial charge in [-0.25, -0.2) is 4.39 Å². The fourth-order valence-corrected chi connectivity index (χ4v) is 1.96. The van der Waals surface area contributed by atoms with Gasteiger partial charge in [-0.3, -0.25) is 9.59 Å². The number of ketones is 1. The molecule has 0 heterocycles. The highest BCUT2D eigenvalue weighted by Crippen LogP contribution is 2.23. The van der Waals surface area contributed by atoms with Crippen LogP contribution in [0.25, 0.3) is 10.8 Å². The second kappa shape index (κ2) is 5.61. The number of methoxy groups -OCH3 is 1. The molecule has 0 aromatic heterocycles. The summed E-state index contributed by atoms with van der Waals surface area (Å²) < 4.78 is 18.1. The quantitative estimate of drug-likeness (QED) is 0.626. The van der Waals surface area contributed by atoms with Gasteiger partial charge in [-0.15, -0.1) is 0 Å². The predicted molar refractivity (Wildman–Crippen MR) is 69.5 cm³/mol. The fraction of sp³-hybridized carbons (Fsp3) is 0.200. The van der Waals surface area contributed by atoms with Crippen LogP contribution in [0.15, 0.2) is 36.4 Å². The number of carbonyl (C=O) groups is 2. The summed E-state index contributed by atoms with van der Waals surface area (Å²) in [7, 11) is 1.28. The van der Waals surface area contributed by atoms with Gasteiger partial charge in [0.2, 0.25) is 0 Å². The molecule has 98 valence electrons. The van der Waals surface area contributed by atoms with E-state index in [4.69, 9.17) is 0 Å². The van der Waals surface area contributed by atoms with Gasteiger partial charge in [0.05, 0.1) is 13.5 Å². The Morgan fingerprint density at radius 3 is 2.42 bits per heavy atom. The number of carbonyl (C=O) groups excluding carboxylic acids is 2. The largest absolute Gasteiger partial charge is 0.469 e. The number of fused-ring (bicyclic) bond motifs is 1. The average molecular weight is 260 g/mol. The van der Waals surface area contributed by atoms with Gasteiger partial charge < -0.3 is 4.74 Å². The Bertz CT molecular complexity index is 634. The van der Waals surface area contributed by atoms with E-state index in [0.717, 1.165) is 0 Å². The number of hydrogen-bond donors (Lipinski definition) is 0. The van der Waals surface area contributed by atoms with Crippen molar-refractivity contribution in [1.82, 2.24) is 0 Å². The molecule has 0 unspecified atom stereocenters. The highest BCUT2D eigenvalue weighted by Gasteiger charge is 2.13. The number of esters is 1. The highest BCUT2D eigenvalue weighted by molar-refractivity contribution is 6.08. The van der Waals surface area contributed by atoms with Crippen LogP contribution in [-0.4, -0.2) is 18.9 Å². The van der Waals surface area contributed by atoms with Crippen LogP contribution in [0.3, 0.4) is 0 Å². The topological polar surface area (TPSA) is 43.4 Å². The molecule has 0 N–H and O–H groups in total. The van der Waals surface area contributed by atoms with Crippen LogP contribution in [0.2, 0.25) is 0 Å². The van der Waals surface area contributed by atoms with E-state index in [1.165, 1.54) is 19.2 Å². The van der Waals surface area contributed by atoms with E-state index in [9.17, 15) is 14.0 Å². The Hall–Kier alpha value is -2.23. The van der Waals surface area contributed by atoms with Crippen molar-refractivity contribution in [3.8, 4) is 0 Å². The van der Waals surface area contributed by atoms with Crippen molar-refractivity contribution in [2.45, 2.75) is 12.8 Å². The number of hydrogen-bond acceptors (Lipinski definition) is 3. The summed E-state index contributed by atoms with van der Waals surface area (Å²) in [6, 6.07) is 9.52. The minimum Gasteiger partial charge on any atom is -0.469 e. The molecule has 0 saturated heterocycles. The lowest BCUT2D eigenvalue weighted by Crippen LogP contribution is -2.06. The third-order valence-electron chi connectivity index (χ3n) is 2.96. The molecule has 4 heteroatoms. The summed E-state index contributed by atoms with van der Waals surface area (Å²) >= 11 is 0. The van der Waals surface area contributed by atoms with E-state index >= 15 is 0 Å². The summed E-state index contributed by atoms with van der Waals surface area (Å²) in [6.07, 6.45) is 0.0866. The van der Waals surface area contributed by atoms with Gasteiger partial charge in [0, 0.05) is 17.4 Å². The van der Waals surface area contributed by atoms with E-state index in [0.29, 0.717) is 16.3 Å². The van der Waals surface area contributed by atoms with E-state index in [1.54, 1.807) is 24.3 Å². The van der Waals surface area contributed by atoms with E-state index < -0.39 is 5.97 Å². The monoisotopic (exact) mass is 260 g/mol. The summed E-state index contributed by atoms with van der Waals surface area (Å²) in [5.41, 5.74) is 0.431. The lowest BCUT2D eigenvalue weighted by Gasteiger charge is -2.06. The number of rotatable bonds is 4. The second-order valence-electron chi connectivity index (χ2n) is 4.14. The van der Waals surface area contributed by atoms with Crippen LogP contribution in [0, 0.1) is 5.82 Å². The standard InChI is InChI=1S/C15H13FO3/c1-19-15(18)9-8-14(17)12-6-7-13(16)11-5-3-2-4-10(11)12/h2-7H,8-9H2,1H3. The van der Waals surface area contributed by atoms with Crippen LogP contribution in [0.1, 0.15) is 23.2 Å². The van der Waals surface area contributed by atoms with Crippen LogP contribution >= 0.6 is 0 Å². The van der Waals surface area contributed by atoms with Crippen molar-refractivity contribution in [3.63, 3.8) is 0 Å². The molecule has 0 radical (unpaired) electrons. The maximum absolute atomic E-state index is 13.6. The minimum absolute atomic E-state index is 0.0288. The molecule has 2 aromatic carbocycles. The molecule has 0 fully saturated rings. The average Bonchev–Trinajstić information content (AvgIpc) is 2.45. The molecule has 0 amide bonds. The Morgan fingerprint density at radius 2 is 1.74 bits per heavy atom. The van der Waals surface area contributed by atoms with Crippen molar-refractivity contribution < 1.29 is 18.7 Å². The van der Waals surface area contributed by atoms with Gasteiger partial charge in [-0.2, -0.15) is 0 Å². The zero-order chi connectivity index (χ0) is 13.8. The molecule has 3 nitrogen and oxygen atoms in total. The lowest BCUT2D eigenvalue weighted by molar-refractivity contribution is -0.140. The van der Waals surface area contributed by atoms with Gasteiger partial charge in [0.15, 0.2) is 5.78 Å². The Kier molecular flexibility index (Phi) is 3.90. The molecule has 0 aliphatic heterocycles. The van der Waals surface area contributed by atoms with Crippen LogP contribution in [0.5, 0.6) is 0 Å². The number of ether oxygens (including phenoxy) is 1. The summed E-state index contributed by atoms with van der Waals surface area (Å²) in [5, 5.41) is 0.976. The van der Waals surface area contributed by atoms with E-state index in [2.05, 4.69) is 4.74 Å². The SMILES string of the molecule is COC(=O)CCC(=O)c1ccc(F)c2ccccc12. The molecule has 19 heavy (non-hydrogen) atoms. The Labute approximate surface area is 110 Å². The van der Waals surface area contributed by atoms with Gasteiger partial charge in [0.25, 0.3) is 0 Å². The third-order valence-corrected chi connectivity index (χ3v) is 2.96. The molecule has 0 aliphatic rings. The number of benzene rings is 2. The molecule has 0 bridgehead atoms. The summed E-state index contributed by atoms with van der Waals surface area (Å²) in [6.45, 7) is 0. The van der Waals surface area contributed by atoms with Gasteiger partial charge in [0.1, 0.15) is 5.82 Å². The minimum atomic E-state index is -0.431. The van der Waals surface area contributed by atoms with Crippen molar-refractivity contribution >= 4 is 22.5 Å².